The van der Waals surface area contributed by atoms with Crippen molar-refractivity contribution in [3.05, 3.63) is 108 Å². The number of carboxylic acid groups (broad SMARTS) is 1. The first-order chi connectivity index (χ1) is 17.0. The molecule has 0 aromatic heterocycles. The van der Waals surface area contributed by atoms with E-state index < -0.39 is 30.2 Å². The summed E-state index contributed by atoms with van der Waals surface area (Å²) < 4.78 is 10.3. The van der Waals surface area contributed by atoms with Crippen LogP contribution in [0.15, 0.2) is 96.0 Å². The van der Waals surface area contributed by atoms with Crippen LogP contribution in [0.4, 0.5) is 9.59 Å². The van der Waals surface area contributed by atoms with Gasteiger partial charge in [-0.3, -0.25) is 10.6 Å². The molecule has 180 valence electrons. The molecule has 0 saturated heterocycles. The number of carboxylic acids is 1. The Bertz CT molecular complexity index is 1080. The third kappa shape index (κ3) is 9.01. The van der Waals surface area contributed by atoms with E-state index in [4.69, 9.17) is 9.47 Å². The first-order valence-corrected chi connectivity index (χ1v) is 10.8. The van der Waals surface area contributed by atoms with Gasteiger partial charge < -0.3 is 14.6 Å². The van der Waals surface area contributed by atoms with Crippen molar-refractivity contribution < 1.29 is 29.0 Å². The Labute approximate surface area is 202 Å². The zero-order valence-corrected chi connectivity index (χ0v) is 18.8. The number of nitrogens with zero attached hydrogens (tertiary/aromatic N) is 1. The molecule has 3 rings (SSSR count). The number of guanidine groups is 1. The molecule has 0 radical (unpaired) electrons. The van der Waals surface area contributed by atoms with Crippen molar-refractivity contribution in [3.63, 3.8) is 0 Å². The Morgan fingerprint density at radius 3 is 1.49 bits per heavy atom. The molecule has 0 bridgehead atoms. The fourth-order valence-electron chi connectivity index (χ4n) is 2.99. The normalized spacial score (nSPS) is 11.0. The minimum Gasteiger partial charge on any atom is -0.480 e. The lowest BCUT2D eigenvalue weighted by atomic mass is 10.1. The molecule has 0 spiro atoms. The van der Waals surface area contributed by atoms with Crippen molar-refractivity contribution in [2.24, 2.45) is 4.99 Å². The molecule has 35 heavy (non-hydrogen) atoms. The van der Waals surface area contributed by atoms with Crippen molar-refractivity contribution in [2.45, 2.75) is 25.7 Å². The summed E-state index contributed by atoms with van der Waals surface area (Å²) in [5.41, 5.74) is 2.23. The lowest BCUT2D eigenvalue weighted by Crippen LogP contribution is -2.45. The number of carbonyl (C=O) groups excluding carboxylic acids is 2. The summed E-state index contributed by atoms with van der Waals surface area (Å²) >= 11 is 0. The second-order valence-corrected chi connectivity index (χ2v) is 7.39. The number of nitrogens with one attached hydrogen (secondary N) is 2. The predicted molar refractivity (Wildman–Crippen MR) is 129 cm³/mol. The van der Waals surface area contributed by atoms with Crippen LogP contribution >= 0.6 is 0 Å². The van der Waals surface area contributed by atoms with Crippen molar-refractivity contribution in [1.29, 1.82) is 0 Å². The molecule has 0 heterocycles. The molecule has 1 unspecified atom stereocenters. The zero-order chi connectivity index (χ0) is 24.9. The van der Waals surface area contributed by atoms with E-state index in [1.807, 2.05) is 18.2 Å². The number of rotatable bonds is 8. The smallest absolute Gasteiger partial charge is 0.414 e. The van der Waals surface area contributed by atoms with Gasteiger partial charge in [-0.25, -0.2) is 19.4 Å². The third-order valence-electron chi connectivity index (χ3n) is 4.71. The number of amides is 2. The molecular formula is C26H25N3O6. The van der Waals surface area contributed by atoms with Gasteiger partial charge in [0, 0.05) is 6.42 Å². The zero-order valence-electron chi connectivity index (χ0n) is 18.8. The first kappa shape index (κ1) is 25.0. The minimum atomic E-state index is -1.28. The van der Waals surface area contributed by atoms with Crippen LogP contribution in [-0.2, 0) is 33.9 Å². The SMILES string of the molecule is O=C(NC(=NC(Cc1ccccc1)C(=O)O)NC(=O)OCc1ccccc1)OCc1ccccc1. The van der Waals surface area contributed by atoms with Gasteiger partial charge in [-0.1, -0.05) is 91.0 Å². The molecule has 2 amide bonds. The van der Waals surface area contributed by atoms with Crippen LogP contribution in [0.25, 0.3) is 0 Å². The number of benzene rings is 3. The fourth-order valence-corrected chi connectivity index (χ4v) is 2.99. The van der Waals surface area contributed by atoms with Gasteiger partial charge in [0.1, 0.15) is 13.2 Å². The Balaban J connectivity index is 1.70. The van der Waals surface area contributed by atoms with Crippen molar-refractivity contribution in [3.8, 4) is 0 Å². The molecule has 0 fully saturated rings. The molecule has 3 N–H and O–H groups in total. The largest absolute Gasteiger partial charge is 0.480 e. The number of alkyl carbamates (subject to hydrolysis) is 2. The topological polar surface area (TPSA) is 126 Å². The van der Waals surface area contributed by atoms with Gasteiger partial charge in [0.05, 0.1) is 0 Å². The van der Waals surface area contributed by atoms with E-state index in [2.05, 4.69) is 15.6 Å². The number of aliphatic carboxylic acids is 1. The second-order valence-electron chi connectivity index (χ2n) is 7.39. The highest BCUT2D eigenvalue weighted by Crippen LogP contribution is 2.07. The molecule has 0 saturated carbocycles. The average Bonchev–Trinajstić information content (AvgIpc) is 2.87. The van der Waals surface area contributed by atoms with Crippen molar-refractivity contribution in [2.75, 3.05) is 0 Å². The minimum absolute atomic E-state index is 0.0230. The maximum absolute atomic E-state index is 12.3. The summed E-state index contributed by atoms with van der Waals surface area (Å²) in [6, 6.07) is 25.6. The van der Waals surface area contributed by atoms with E-state index in [0.717, 1.165) is 16.7 Å². The maximum Gasteiger partial charge on any atom is 0.414 e. The predicted octanol–water partition coefficient (Wildman–Crippen LogP) is 3.89. The molecule has 1 atom stereocenters. The van der Waals surface area contributed by atoms with E-state index in [1.165, 1.54) is 0 Å². The molecule has 9 nitrogen and oxygen atoms in total. The van der Waals surface area contributed by atoms with Gasteiger partial charge in [-0.2, -0.15) is 0 Å². The Kier molecular flexibility index (Phi) is 9.38. The number of hydrogen-bond donors (Lipinski definition) is 3. The van der Waals surface area contributed by atoms with Gasteiger partial charge in [0.25, 0.3) is 0 Å². The van der Waals surface area contributed by atoms with E-state index in [9.17, 15) is 19.5 Å². The third-order valence-corrected chi connectivity index (χ3v) is 4.71. The number of carbonyl (C=O) groups is 3. The molecule has 0 aliphatic carbocycles. The van der Waals surface area contributed by atoms with Gasteiger partial charge in [-0.15, -0.1) is 0 Å². The fraction of sp³-hybridized carbons (Fsp3) is 0.154. The van der Waals surface area contributed by atoms with Crippen LogP contribution in [-0.4, -0.2) is 35.3 Å². The monoisotopic (exact) mass is 475 g/mol. The summed E-state index contributed by atoms with van der Waals surface area (Å²) in [4.78, 5) is 40.6. The van der Waals surface area contributed by atoms with Gasteiger partial charge in [0.15, 0.2) is 6.04 Å². The van der Waals surface area contributed by atoms with Crippen LogP contribution in [0.1, 0.15) is 16.7 Å². The Morgan fingerprint density at radius 1 is 0.686 bits per heavy atom. The standard InChI is InChI=1S/C26H25N3O6/c30-23(31)22(16-19-10-4-1-5-11-19)27-24(28-25(32)34-17-20-12-6-2-7-13-20)29-26(33)35-18-21-14-8-3-9-15-21/h1-15,22H,16-18H2,(H,30,31)(H2,27,28,29,32,33). The summed E-state index contributed by atoms with van der Waals surface area (Å²) in [6.45, 7) is -0.0461. The van der Waals surface area contributed by atoms with E-state index >= 15 is 0 Å². The molecule has 3 aromatic rings. The second kappa shape index (κ2) is 13.1. The number of ether oxygens (including phenoxy) is 2. The number of hydrogen-bond acceptors (Lipinski definition) is 6. The molecule has 0 aliphatic rings. The van der Waals surface area contributed by atoms with Crippen LogP contribution in [0.5, 0.6) is 0 Å². The van der Waals surface area contributed by atoms with Crippen LogP contribution in [0.3, 0.4) is 0 Å². The lowest BCUT2D eigenvalue weighted by molar-refractivity contribution is -0.138. The number of aliphatic imine (C=N–C) groups is 1. The molecule has 9 heteroatoms. The highest BCUT2D eigenvalue weighted by molar-refractivity contribution is 6.02. The molecular weight excluding hydrogens is 450 g/mol. The first-order valence-electron chi connectivity index (χ1n) is 10.8. The van der Waals surface area contributed by atoms with E-state index in [1.54, 1.807) is 72.8 Å². The lowest BCUT2D eigenvalue weighted by Gasteiger charge is -2.14. The van der Waals surface area contributed by atoms with Gasteiger partial charge in [-0.05, 0) is 16.7 Å². The average molecular weight is 476 g/mol. The van der Waals surface area contributed by atoms with Crippen LogP contribution in [0, 0.1) is 0 Å². The molecule has 0 aliphatic heterocycles. The summed E-state index contributed by atoms with van der Waals surface area (Å²) in [7, 11) is 0. The summed E-state index contributed by atoms with van der Waals surface area (Å²) in [6.07, 6.45) is -1.79. The summed E-state index contributed by atoms with van der Waals surface area (Å²) in [5, 5.41) is 14.3. The quantitative estimate of drug-likeness (QED) is 0.335. The maximum atomic E-state index is 12.3. The van der Waals surface area contributed by atoms with E-state index in [0.29, 0.717) is 0 Å². The Morgan fingerprint density at radius 2 is 1.09 bits per heavy atom. The highest BCUT2D eigenvalue weighted by Gasteiger charge is 2.21. The van der Waals surface area contributed by atoms with Gasteiger partial charge >= 0.3 is 18.2 Å². The molecule has 3 aromatic carbocycles. The Hall–Kier alpha value is -4.66. The van der Waals surface area contributed by atoms with Gasteiger partial charge in [0.2, 0.25) is 5.96 Å². The summed E-state index contributed by atoms with van der Waals surface area (Å²) in [5.74, 6) is -1.63. The highest BCUT2D eigenvalue weighted by atomic mass is 16.6. The van der Waals surface area contributed by atoms with Crippen molar-refractivity contribution in [1.82, 2.24) is 10.6 Å². The van der Waals surface area contributed by atoms with Crippen molar-refractivity contribution >= 4 is 24.1 Å². The van der Waals surface area contributed by atoms with E-state index in [-0.39, 0.29) is 19.6 Å². The van der Waals surface area contributed by atoms with Crippen LogP contribution < -0.4 is 10.6 Å². The van der Waals surface area contributed by atoms with Crippen LogP contribution in [0.2, 0.25) is 0 Å².